The lowest BCUT2D eigenvalue weighted by molar-refractivity contribution is -0.0978. The number of oxazole rings is 1. The molecule has 1 aromatic rings. The largest absolute Gasteiger partial charge is 0.443 e. The number of rotatable bonds is 5. The highest BCUT2D eigenvalue weighted by atomic mass is 16.6. The van der Waals surface area contributed by atoms with Crippen molar-refractivity contribution in [3.8, 4) is 0 Å². The second kappa shape index (κ2) is 6.14. The maximum absolute atomic E-state index is 5.65. The third kappa shape index (κ3) is 3.80. The van der Waals surface area contributed by atoms with E-state index in [-0.39, 0.29) is 6.10 Å². The number of ether oxygens (including phenoxy) is 2. The van der Waals surface area contributed by atoms with Gasteiger partial charge in [-0.15, -0.1) is 0 Å². The molecule has 0 amide bonds. The van der Waals surface area contributed by atoms with Crippen molar-refractivity contribution in [3.05, 3.63) is 17.8 Å². The Morgan fingerprint density at radius 3 is 3.06 bits per heavy atom. The molecule has 1 saturated heterocycles. The zero-order chi connectivity index (χ0) is 12.1. The number of hydrogen-bond acceptors (Lipinski definition) is 5. The molecular formula is C12H20N2O3. The highest BCUT2D eigenvalue weighted by molar-refractivity contribution is 4.99. The van der Waals surface area contributed by atoms with Gasteiger partial charge in [-0.05, 0) is 0 Å². The molecule has 2 heterocycles. The molecular weight excluding hydrogens is 220 g/mol. The fourth-order valence-corrected chi connectivity index (χ4v) is 1.71. The van der Waals surface area contributed by atoms with Crippen molar-refractivity contribution >= 4 is 0 Å². The van der Waals surface area contributed by atoms with Gasteiger partial charge < -0.3 is 19.2 Å². The van der Waals surface area contributed by atoms with Crippen LogP contribution in [0.4, 0.5) is 0 Å². The van der Waals surface area contributed by atoms with Crippen LogP contribution in [0.15, 0.2) is 10.6 Å². The van der Waals surface area contributed by atoms with Crippen molar-refractivity contribution in [2.24, 2.45) is 0 Å². The van der Waals surface area contributed by atoms with Gasteiger partial charge in [-0.2, -0.15) is 0 Å². The van der Waals surface area contributed by atoms with Crippen molar-refractivity contribution in [1.82, 2.24) is 10.3 Å². The Kier molecular flexibility index (Phi) is 4.53. The van der Waals surface area contributed by atoms with Crippen LogP contribution in [0.2, 0.25) is 0 Å². The van der Waals surface area contributed by atoms with Crippen LogP contribution in [0.5, 0.6) is 0 Å². The molecule has 0 aliphatic carbocycles. The van der Waals surface area contributed by atoms with Crippen molar-refractivity contribution < 1.29 is 13.9 Å². The molecule has 1 N–H and O–H groups in total. The van der Waals surface area contributed by atoms with Gasteiger partial charge in [0.25, 0.3) is 0 Å². The molecule has 1 aliphatic rings. The van der Waals surface area contributed by atoms with E-state index in [0.29, 0.717) is 25.9 Å². The molecule has 5 heteroatoms. The number of nitrogens with one attached hydrogen (secondary N) is 1. The molecule has 0 bridgehead atoms. The minimum Gasteiger partial charge on any atom is -0.443 e. The number of nitrogens with zero attached hydrogens (tertiary/aromatic N) is 1. The summed E-state index contributed by atoms with van der Waals surface area (Å²) < 4.78 is 16.5. The monoisotopic (exact) mass is 240 g/mol. The summed E-state index contributed by atoms with van der Waals surface area (Å²) in [4.78, 5) is 4.25. The van der Waals surface area contributed by atoms with Gasteiger partial charge in [0.15, 0.2) is 11.7 Å². The molecule has 0 aromatic carbocycles. The number of hydrogen-bond donors (Lipinski definition) is 1. The lowest BCUT2D eigenvalue weighted by atomic mass is 10.3. The zero-order valence-corrected chi connectivity index (χ0v) is 10.4. The lowest BCUT2D eigenvalue weighted by Crippen LogP contribution is -2.25. The summed E-state index contributed by atoms with van der Waals surface area (Å²) in [6, 6.07) is 0.486. The molecule has 1 aliphatic heterocycles. The summed E-state index contributed by atoms with van der Waals surface area (Å²) in [5.41, 5.74) is 0. The highest BCUT2D eigenvalue weighted by Crippen LogP contribution is 2.21. The second-order valence-electron chi connectivity index (χ2n) is 4.45. The van der Waals surface area contributed by atoms with Crippen molar-refractivity contribution in [1.29, 1.82) is 0 Å². The van der Waals surface area contributed by atoms with Gasteiger partial charge in [-0.3, -0.25) is 0 Å². The van der Waals surface area contributed by atoms with Crippen molar-refractivity contribution in [3.63, 3.8) is 0 Å². The van der Waals surface area contributed by atoms with Crippen LogP contribution in [0.1, 0.15) is 31.6 Å². The molecule has 1 fully saturated rings. The average molecular weight is 240 g/mol. The smallest absolute Gasteiger partial charge is 0.195 e. The van der Waals surface area contributed by atoms with E-state index in [1.54, 1.807) is 6.20 Å². The maximum Gasteiger partial charge on any atom is 0.195 e. The Morgan fingerprint density at radius 1 is 1.47 bits per heavy atom. The Bertz CT molecular complexity index is 332. The van der Waals surface area contributed by atoms with E-state index in [0.717, 1.165) is 24.6 Å². The Labute approximate surface area is 102 Å². The topological polar surface area (TPSA) is 56.5 Å². The van der Waals surface area contributed by atoms with Gasteiger partial charge in [0.1, 0.15) is 6.10 Å². The van der Waals surface area contributed by atoms with Crippen LogP contribution in [0.25, 0.3) is 0 Å². The van der Waals surface area contributed by atoms with Crippen LogP contribution in [0, 0.1) is 0 Å². The van der Waals surface area contributed by atoms with Gasteiger partial charge in [0, 0.05) is 19.0 Å². The lowest BCUT2D eigenvalue weighted by Gasteiger charge is -2.20. The number of aromatic nitrogens is 1. The fourth-order valence-electron chi connectivity index (χ4n) is 1.71. The molecule has 0 radical (unpaired) electrons. The second-order valence-corrected chi connectivity index (χ2v) is 4.45. The minimum absolute atomic E-state index is 0.0944. The van der Waals surface area contributed by atoms with E-state index in [4.69, 9.17) is 13.9 Å². The summed E-state index contributed by atoms with van der Waals surface area (Å²) in [7, 11) is 0. The average Bonchev–Trinajstić information content (AvgIpc) is 2.78. The quantitative estimate of drug-likeness (QED) is 0.840. The SMILES string of the molecule is CC(C)NCCc1ncc(C2COCCO2)o1. The highest BCUT2D eigenvalue weighted by Gasteiger charge is 2.20. The Balaban J connectivity index is 1.82. The first-order chi connectivity index (χ1) is 8.25. The molecule has 0 spiro atoms. The van der Waals surface area contributed by atoms with Crippen molar-refractivity contribution in [2.45, 2.75) is 32.4 Å². The van der Waals surface area contributed by atoms with Gasteiger partial charge in [-0.1, -0.05) is 13.8 Å². The van der Waals surface area contributed by atoms with E-state index < -0.39 is 0 Å². The third-order valence-corrected chi connectivity index (χ3v) is 2.60. The van der Waals surface area contributed by atoms with Crippen LogP contribution < -0.4 is 5.32 Å². The molecule has 2 rings (SSSR count). The van der Waals surface area contributed by atoms with E-state index in [2.05, 4.69) is 24.1 Å². The van der Waals surface area contributed by atoms with E-state index in [1.807, 2.05) is 0 Å². The first kappa shape index (κ1) is 12.5. The summed E-state index contributed by atoms with van der Waals surface area (Å²) >= 11 is 0. The maximum atomic E-state index is 5.65. The standard InChI is InChI=1S/C12H20N2O3/c1-9(2)13-4-3-12-14-7-10(17-12)11-8-15-5-6-16-11/h7,9,11,13H,3-6,8H2,1-2H3. The normalized spacial score (nSPS) is 21.0. The van der Waals surface area contributed by atoms with Crippen LogP contribution >= 0.6 is 0 Å². The van der Waals surface area contributed by atoms with E-state index >= 15 is 0 Å². The molecule has 17 heavy (non-hydrogen) atoms. The van der Waals surface area contributed by atoms with Gasteiger partial charge >= 0.3 is 0 Å². The summed E-state index contributed by atoms with van der Waals surface area (Å²) in [5.74, 6) is 1.52. The molecule has 96 valence electrons. The fraction of sp³-hybridized carbons (Fsp3) is 0.750. The van der Waals surface area contributed by atoms with Crippen LogP contribution in [-0.2, 0) is 15.9 Å². The van der Waals surface area contributed by atoms with E-state index in [9.17, 15) is 0 Å². The Morgan fingerprint density at radius 2 is 2.35 bits per heavy atom. The third-order valence-electron chi connectivity index (χ3n) is 2.60. The molecule has 5 nitrogen and oxygen atoms in total. The summed E-state index contributed by atoms with van der Waals surface area (Å²) in [5, 5.41) is 3.33. The predicted molar refractivity (Wildman–Crippen MR) is 62.9 cm³/mol. The van der Waals surface area contributed by atoms with Gasteiger partial charge in [0.2, 0.25) is 0 Å². The van der Waals surface area contributed by atoms with Gasteiger partial charge in [0.05, 0.1) is 26.0 Å². The zero-order valence-electron chi connectivity index (χ0n) is 10.4. The van der Waals surface area contributed by atoms with Crippen LogP contribution in [0.3, 0.4) is 0 Å². The summed E-state index contributed by atoms with van der Waals surface area (Å²) in [6.07, 6.45) is 2.44. The first-order valence-corrected chi connectivity index (χ1v) is 6.13. The van der Waals surface area contributed by atoms with E-state index in [1.165, 1.54) is 0 Å². The summed E-state index contributed by atoms with van der Waals surface area (Å²) in [6.45, 7) is 6.95. The molecule has 1 unspecified atom stereocenters. The van der Waals surface area contributed by atoms with Gasteiger partial charge in [-0.25, -0.2) is 4.98 Å². The predicted octanol–water partition coefficient (Wildman–Crippen LogP) is 1.30. The van der Waals surface area contributed by atoms with Crippen molar-refractivity contribution in [2.75, 3.05) is 26.4 Å². The first-order valence-electron chi connectivity index (χ1n) is 6.13. The Hall–Kier alpha value is -0.910. The molecule has 1 atom stereocenters. The molecule has 0 saturated carbocycles. The minimum atomic E-state index is -0.0944. The molecule has 1 aromatic heterocycles. The van der Waals surface area contributed by atoms with Crippen LogP contribution in [-0.4, -0.2) is 37.4 Å².